The van der Waals surface area contributed by atoms with Crippen LogP contribution in [0, 0.1) is 0 Å². The topological polar surface area (TPSA) is 84.0 Å². The van der Waals surface area contributed by atoms with Crippen molar-refractivity contribution >= 4 is 60.0 Å². The Morgan fingerprint density at radius 1 is 1.20 bits per heavy atom. The average molecular weight is 399 g/mol. The number of oxazole rings is 1. The van der Waals surface area contributed by atoms with E-state index >= 15 is 0 Å². The quantitative estimate of drug-likeness (QED) is 0.570. The van der Waals surface area contributed by atoms with Crippen LogP contribution in [0.25, 0.3) is 11.1 Å². The highest BCUT2D eigenvalue weighted by Gasteiger charge is 2.10. The molecule has 0 atom stereocenters. The number of benzene rings is 2. The molecule has 0 aliphatic rings. The van der Waals surface area contributed by atoms with E-state index in [-0.39, 0.29) is 0 Å². The normalized spacial score (nSPS) is 10.9. The third-order valence-corrected chi connectivity index (χ3v) is 4.14. The molecule has 0 aliphatic heterocycles. The molecule has 0 saturated heterocycles. The first-order valence-electron chi connectivity index (χ1n) is 5.68. The fourth-order valence-corrected chi connectivity index (χ4v) is 3.07. The maximum atomic E-state index is 11.2. The molecule has 0 spiro atoms. The van der Waals surface area contributed by atoms with Crippen LogP contribution < -0.4 is 16.8 Å². The van der Waals surface area contributed by atoms with Gasteiger partial charge >= 0.3 is 5.76 Å². The van der Waals surface area contributed by atoms with Gasteiger partial charge in [0.05, 0.1) is 22.6 Å². The van der Waals surface area contributed by atoms with Crippen molar-refractivity contribution in [1.29, 1.82) is 0 Å². The Morgan fingerprint density at radius 2 is 1.90 bits per heavy atom. The highest BCUT2D eigenvalue weighted by molar-refractivity contribution is 9.11. The van der Waals surface area contributed by atoms with E-state index in [1.54, 1.807) is 12.1 Å². The first kappa shape index (κ1) is 13.3. The van der Waals surface area contributed by atoms with E-state index in [0.29, 0.717) is 22.5 Å². The molecule has 102 valence electrons. The van der Waals surface area contributed by atoms with Gasteiger partial charge in [-0.3, -0.25) is 4.98 Å². The van der Waals surface area contributed by atoms with Crippen LogP contribution in [0.1, 0.15) is 0 Å². The Kier molecular flexibility index (Phi) is 3.31. The molecule has 0 aliphatic carbocycles. The summed E-state index contributed by atoms with van der Waals surface area (Å²) >= 11 is 6.95. The van der Waals surface area contributed by atoms with Crippen molar-refractivity contribution in [2.75, 3.05) is 11.1 Å². The minimum absolute atomic E-state index is 0.434. The number of hydrogen-bond donors (Lipinski definition) is 3. The molecule has 0 unspecified atom stereocenters. The van der Waals surface area contributed by atoms with Gasteiger partial charge in [0.2, 0.25) is 0 Å². The maximum Gasteiger partial charge on any atom is 0.417 e. The number of aromatic nitrogens is 1. The number of nitrogens with one attached hydrogen (secondary N) is 2. The summed E-state index contributed by atoms with van der Waals surface area (Å²) in [5.74, 6) is -0.501. The number of nitrogen functional groups attached to an aromatic ring is 1. The molecule has 0 radical (unpaired) electrons. The van der Waals surface area contributed by atoms with Gasteiger partial charge in [-0.2, -0.15) is 0 Å². The molecule has 0 bridgehead atoms. The number of rotatable bonds is 2. The van der Waals surface area contributed by atoms with Gasteiger partial charge in [0.25, 0.3) is 0 Å². The second-order valence-corrected chi connectivity index (χ2v) is 5.88. The summed E-state index contributed by atoms with van der Waals surface area (Å²) in [5.41, 5.74) is 9.02. The Labute approximate surface area is 130 Å². The van der Waals surface area contributed by atoms with Crippen LogP contribution in [0.15, 0.2) is 48.5 Å². The molecule has 4 N–H and O–H groups in total. The minimum Gasteiger partial charge on any atom is -0.408 e. The molecule has 0 saturated carbocycles. The summed E-state index contributed by atoms with van der Waals surface area (Å²) in [7, 11) is 0. The standard InChI is InChI=1S/C13H9Br2N3O2/c14-6-2-1-3-7(15)12(6)17-9-5-10-11(4-8(9)16)20-13(19)18-10/h1-5,17H,16H2,(H,18,19). The zero-order valence-corrected chi connectivity index (χ0v) is 13.2. The van der Waals surface area contributed by atoms with Crippen molar-refractivity contribution in [3.05, 3.63) is 49.8 Å². The lowest BCUT2D eigenvalue weighted by Crippen LogP contribution is -1.98. The largest absolute Gasteiger partial charge is 0.417 e. The predicted molar refractivity (Wildman–Crippen MR) is 86.4 cm³/mol. The van der Waals surface area contributed by atoms with E-state index < -0.39 is 5.76 Å². The van der Waals surface area contributed by atoms with Crippen LogP contribution in [0.2, 0.25) is 0 Å². The fraction of sp³-hybridized carbons (Fsp3) is 0. The second-order valence-electron chi connectivity index (χ2n) is 4.17. The van der Waals surface area contributed by atoms with Crippen LogP contribution in [-0.2, 0) is 0 Å². The Balaban J connectivity index is 2.10. The van der Waals surface area contributed by atoms with Gasteiger partial charge in [0, 0.05) is 15.0 Å². The van der Waals surface area contributed by atoms with Crippen molar-refractivity contribution in [1.82, 2.24) is 4.98 Å². The number of para-hydroxylation sites is 1. The number of aromatic amines is 1. The van der Waals surface area contributed by atoms with Gasteiger partial charge in [0.1, 0.15) is 0 Å². The Bertz CT molecular complexity index is 834. The fourth-order valence-electron chi connectivity index (χ4n) is 1.87. The molecule has 0 fully saturated rings. The number of anilines is 3. The molecule has 5 nitrogen and oxygen atoms in total. The molecular formula is C13H9Br2N3O2. The number of hydrogen-bond acceptors (Lipinski definition) is 4. The van der Waals surface area contributed by atoms with E-state index in [1.807, 2.05) is 18.2 Å². The van der Waals surface area contributed by atoms with E-state index in [0.717, 1.165) is 14.6 Å². The van der Waals surface area contributed by atoms with Crippen LogP contribution in [-0.4, -0.2) is 4.98 Å². The van der Waals surface area contributed by atoms with E-state index in [2.05, 4.69) is 42.2 Å². The first-order valence-corrected chi connectivity index (χ1v) is 7.26. The Morgan fingerprint density at radius 3 is 2.60 bits per heavy atom. The molecule has 1 aromatic heterocycles. The van der Waals surface area contributed by atoms with Gasteiger partial charge in [-0.25, -0.2) is 4.79 Å². The van der Waals surface area contributed by atoms with Crippen molar-refractivity contribution < 1.29 is 4.42 Å². The molecule has 0 amide bonds. The molecule has 3 aromatic rings. The summed E-state index contributed by atoms with van der Waals surface area (Å²) in [4.78, 5) is 13.8. The van der Waals surface area contributed by atoms with Crippen molar-refractivity contribution in [2.45, 2.75) is 0 Å². The van der Waals surface area contributed by atoms with E-state index in [1.165, 1.54) is 0 Å². The number of nitrogens with two attached hydrogens (primary N) is 1. The summed E-state index contributed by atoms with van der Waals surface area (Å²) in [6, 6.07) is 9.10. The van der Waals surface area contributed by atoms with Crippen LogP contribution in [0.4, 0.5) is 17.1 Å². The summed E-state index contributed by atoms with van der Waals surface area (Å²) in [6.45, 7) is 0. The third-order valence-electron chi connectivity index (χ3n) is 2.81. The van der Waals surface area contributed by atoms with E-state index in [9.17, 15) is 4.79 Å². The Hall–Kier alpha value is -1.73. The molecule has 20 heavy (non-hydrogen) atoms. The minimum atomic E-state index is -0.501. The zero-order valence-electron chi connectivity index (χ0n) is 10.0. The predicted octanol–water partition coefficient (Wildman–Crippen LogP) is 3.97. The number of fused-ring (bicyclic) bond motifs is 1. The monoisotopic (exact) mass is 397 g/mol. The van der Waals surface area contributed by atoms with Crippen molar-refractivity contribution in [3.63, 3.8) is 0 Å². The second kappa shape index (κ2) is 4.99. The maximum absolute atomic E-state index is 11.2. The molecule has 1 heterocycles. The first-order chi connectivity index (χ1) is 9.54. The summed E-state index contributed by atoms with van der Waals surface area (Å²) in [6.07, 6.45) is 0. The average Bonchev–Trinajstić information content (AvgIpc) is 2.73. The summed E-state index contributed by atoms with van der Waals surface area (Å²) < 4.78 is 6.75. The van der Waals surface area contributed by atoms with Gasteiger partial charge in [-0.1, -0.05) is 6.07 Å². The van der Waals surface area contributed by atoms with Crippen LogP contribution >= 0.6 is 31.9 Å². The SMILES string of the molecule is Nc1cc2oc(=O)[nH]c2cc1Nc1c(Br)cccc1Br. The lowest BCUT2D eigenvalue weighted by molar-refractivity contribution is 0.555. The third kappa shape index (κ3) is 2.34. The molecule has 3 rings (SSSR count). The highest BCUT2D eigenvalue weighted by Crippen LogP contribution is 2.35. The smallest absolute Gasteiger partial charge is 0.408 e. The number of H-pyrrole nitrogens is 1. The van der Waals surface area contributed by atoms with E-state index in [4.69, 9.17) is 10.2 Å². The molecule has 2 aromatic carbocycles. The van der Waals surface area contributed by atoms with Gasteiger partial charge in [0.15, 0.2) is 5.58 Å². The lowest BCUT2D eigenvalue weighted by Gasteiger charge is -2.12. The number of halogens is 2. The molecule has 7 heteroatoms. The van der Waals surface area contributed by atoms with Crippen molar-refractivity contribution in [2.24, 2.45) is 0 Å². The summed E-state index contributed by atoms with van der Waals surface area (Å²) in [5, 5.41) is 3.23. The highest BCUT2D eigenvalue weighted by atomic mass is 79.9. The lowest BCUT2D eigenvalue weighted by atomic mass is 10.2. The van der Waals surface area contributed by atoms with Gasteiger partial charge in [-0.15, -0.1) is 0 Å². The van der Waals surface area contributed by atoms with Crippen LogP contribution in [0.5, 0.6) is 0 Å². The van der Waals surface area contributed by atoms with Crippen molar-refractivity contribution in [3.8, 4) is 0 Å². The van der Waals surface area contributed by atoms with Crippen LogP contribution in [0.3, 0.4) is 0 Å². The van der Waals surface area contributed by atoms with Gasteiger partial charge in [-0.05, 0) is 50.1 Å². The molecular weight excluding hydrogens is 390 g/mol. The van der Waals surface area contributed by atoms with Gasteiger partial charge < -0.3 is 15.5 Å². The zero-order chi connectivity index (χ0) is 14.3.